The number of benzene rings is 2. The lowest BCUT2D eigenvalue weighted by Crippen LogP contribution is -2.34. The predicted octanol–water partition coefficient (Wildman–Crippen LogP) is 3.68. The van der Waals surface area contributed by atoms with Crippen molar-refractivity contribution < 1.29 is 12.8 Å². The van der Waals surface area contributed by atoms with Crippen LogP contribution in [0.4, 0.5) is 10.1 Å². The van der Waals surface area contributed by atoms with Crippen molar-refractivity contribution in [3.05, 3.63) is 60.4 Å². The van der Waals surface area contributed by atoms with Crippen molar-refractivity contribution in [1.29, 1.82) is 0 Å². The molecule has 0 amide bonds. The molecule has 0 fully saturated rings. The highest BCUT2D eigenvalue weighted by atomic mass is 32.2. The second-order valence-electron chi connectivity index (χ2n) is 5.22. The zero-order valence-corrected chi connectivity index (χ0v) is 12.8. The van der Waals surface area contributed by atoms with E-state index in [2.05, 4.69) is 0 Å². The molecule has 0 unspecified atom stereocenters. The summed E-state index contributed by atoms with van der Waals surface area (Å²) >= 11 is 0. The average Bonchev–Trinajstić information content (AvgIpc) is 2.46. The highest BCUT2D eigenvalue weighted by molar-refractivity contribution is 7.92. The van der Waals surface area contributed by atoms with Crippen molar-refractivity contribution in [3.63, 3.8) is 0 Å². The molecule has 0 aliphatic heterocycles. The lowest BCUT2D eigenvalue weighted by molar-refractivity contribution is 0.577. The van der Waals surface area contributed by atoms with Gasteiger partial charge in [0.25, 0.3) is 10.0 Å². The summed E-state index contributed by atoms with van der Waals surface area (Å²) < 4.78 is 40.0. The van der Waals surface area contributed by atoms with E-state index >= 15 is 0 Å². The van der Waals surface area contributed by atoms with Crippen LogP contribution < -0.4 is 4.31 Å². The molecule has 0 aliphatic rings. The number of halogens is 1. The Bertz CT molecular complexity index is 682. The Labute approximate surface area is 125 Å². The first kappa shape index (κ1) is 15.5. The van der Waals surface area contributed by atoms with E-state index in [0.29, 0.717) is 12.2 Å². The molecule has 2 rings (SSSR count). The van der Waals surface area contributed by atoms with Crippen molar-refractivity contribution in [1.82, 2.24) is 0 Å². The molecule has 0 aliphatic carbocycles. The summed E-state index contributed by atoms with van der Waals surface area (Å²) in [6.45, 7) is 4.22. The van der Waals surface area contributed by atoms with Gasteiger partial charge < -0.3 is 0 Å². The van der Waals surface area contributed by atoms with Crippen LogP contribution in [0.3, 0.4) is 0 Å². The summed E-state index contributed by atoms with van der Waals surface area (Å²) in [4.78, 5) is 0.231. The van der Waals surface area contributed by atoms with Gasteiger partial charge in [-0.05, 0) is 42.3 Å². The summed E-state index contributed by atoms with van der Waals surface area (Å²) in [6.07, 6.45) is 0. The van der Waals surface area contributed by atoms with Gasteiger partial charge in [0.2, 0.25) is 0 Å². The summed E-state index contributed by atoms with van der Waals surface area (Å²) in [7, 11) is -3.65. The minimum absolute atomic E-state index is 0.147. The first-order valence-corrected chi connectivity index (χ1v) is 8.18. The van der Waals surface area contributed by atoms with E-state index in [-0.39, 0.29) is 16.6 Å². The fraction of sp³-hybridized carbons (Fsp3) is 0.250. The number of nitrogens with zero attached hydrogens (tertiary/aromatic N) is 1. The molecule has 0 bridgehead atoms. The smallest absolute Gasteiger partial charge is 0.264 e. The third kappa shape index (κ3) is 3.61. The molecule has 0 heterocycles. The number of sulfonamides is 1. The molecule has 0 N–H and O–H groups in total. The highest BCUT2D eigenvalue weighted by Crippen LogP contribution is 2.25. The molecule has 2 aromatic rings. The van der Waals surface area contributed by atoms with E-state index in [9.17, 15) is 12.8 Å². The van der Waals surface area contributed by atoms with Crippen LogP contribution in [0.25, 0.3) is 0 Å². The SMILES string of the molecule is CC(C)CN(c1ccc(F)cc1)S(=O)(=O)c1ccccc1. The van der Waals surface area contributed by atoms with Crippen LogP contribution in [0.1, 0.15) is 13.8 Å². The van der Waals surface area contributed by atoms with E-state index in [4.69, 9.17) is 0 Å². The van der Waals surface area contributed by atoms with Crippen LogP contribution in [-0.4, -0.2) is 15.0 Å². The minimum atomic E-state index is -3.65. The molecule has 3 nitrogen and oxygen atoms in total. The highest BCUT2D eigenvalue weighted by Gasteiger charge is 2.25. The number of hydrogen-bond acceptors (Lipinski definition) is 2. The van der Waals surface area contributed by atoms with E-state index in [0.717, 1.165) is 0 Å². The van der Waals surface area contributed by atoms with Gasteiger partial charge in [-0.2, -0.15) is 0 Å². The van der Waals surface area contributed by atoms with E-state index < -0.39 is 10.0 Å². The number of anilines is 1. The van der Waals surface area contributed by atoms with Gasteiger partial charge in [0.05, 0.1) is 10.6 Å². The van der Waals surface area contributed by atoms with Crippen LogP contribution >= 0.6 is 0 Å². The molecule has 21 heavy (non-hydrogen) atoms. The molecule has 112 valence electrons. The maximum absolute atomic E-state index is 13.1. The topological polar surface area (TPSA) is 37.4 Å². The van der Waals surface area contributed by atoms with Gasteiger partial charge in [0.15, 0.2) is 0 Å². The first-order chi connectivity index (χ1) is 9.91. The fourth-order valence-corrected chi connectivity index (χ4v) is 3.65. The predicted molar refractivity (Wildman–Crippen MR) is 82.2 cm³/mol. The monoisotopic (exact) mass is 307 g/mol. The van der Waals surface area contributed by atoms with Gasteiger partial charge in [-0.15, -0.1) is 0 Å². The molecule has 2 aromatic carbocycles. The second-order valence-corrected chi connectivity index (χ2v) is 7.08. The lowest BCUT2D eigenvalue weighted by atomic mass is 10.2. The second kappa shape index (κ2) is 6.26. The van der Waals surface area contributed by atoms with Crippen molar-refractivity contribution >= 4 is 15.7 Å². The number of hydrogen-bond donors (Lipinski definition) is 0. The standard InChI is InChI=1S/C16H18FNO2S/c1-13(2)12-18(15-10-8-14(17)9-11-15)21(19,20)16-6-4-3-5-7-16/h3-11,13H,12H2,1-2H3. The Balaban J connectivity index is 2.47. The third-order valence-corrected chi connectivity index (χ3v) is 4.78. The molecule has 0 aromatic heterocycles. The summed E-state index contributed by atoms with van der Waals surface area (Å²) in [5.41, 5.74) is 0.467. The van der Waals surface area contributed by atoms with Gasteiger partial charge in [-0.3, -0.25) is 4.31 Å². The maximum atomic E-state index is 13.1. The first-order valence-electron chi connectivity index (χ1n) is 6.74. The van der Waals surface area contributed by atoms with Crippen LogP contribution in [0.5, 0.6) is 0 Å². The zero-order chi connectivity index (χ0) is 15.5. The molecule has 0 saturated heterocycles. The van der Waals surface area contributed by atoms with Crippen molar-refractivity contribution in [2.45, 2.75) is 18.7 Å². The lowest BCUT2D eigenvalue weighted by Gasteiger charge is -2.26. The molecule has 0 radical (unpaired) electrons. The van der Waals surface area contributed by atoms with Crippen LogP contribution in [0.15, 0.2) is 59.5 Å². The molecule has 0 saturated carbocycles. The van der Waals surface area contributed by atoms with Gasteiger partial charge in [-0.1, -0.05) is 32.0 Å². The Morgan fingerprint density at radius 2 is 1.57 bits per heavy atom. The zero-order valence-electron chi connectivity index (χ0n) is 12.0. The van der Waals surface area contributed by atoms with Crippen LogP contribution in [0, 0.1) is 11.7 Å². The van der Waals surface area contributed by atoms with E-state index in [1.54, 1.807) is 30.3 Å². The molecular formula is C16H18FNO2S. The van der Waals surface area contributed by atoms with Crippen LogP contribution in [0.2, 0.25) is 0 Å². The maximum Gasteiger partial charge on any atom is 0.264 e. The molecule has 0 atom stereocenters. The van der Waals surface area contributed by atoms with Crippen LogP contribution in [-0.2, 0) is 10.0 Å². The van der Waals surface area contributed by atoms with Crippen molar-refractivity contribution in [2.24, 2.45) is 5.92 Å². The normalized spacial score (nSPS) is 11.6. The Morgan fingerprint density at radius 3 is 2.10 bits per heavy atom. The van der Waals surface area contributed by atoms with Crippen molar-refractivity contribution in [2.75, 3.05) is 10.8 Å². The third-order valence-electron chi connectivity index (χ3n) is 2.98. The minimum Gasteiger partial charge on any atom is -0.266 e. The molecular weight excluding hydrogens is 289 g/mol. The largest absolute Gasteiger partial charge is 0.266 e. The van der Waals surface area contributed by atoms with Gasteiger partial charge in [-0.25, -0.2) is 12.8 Å². The Kier molecular flexibility index (Phi) is 4.63. The molecule has 0 spiro atoms. The quantitative estimate of drug-likeness (QED) is 0.845. The average molecular weight is 307 g/mol. The van der Waals surface area contributed by atoms with E-state index in [1.165, 1.54) is 28.6 Å². The van der Waals surface area contributed by atoms with Gasteiger partial charge in [0, 0.05) is 6.54 Å². The Morgan fingerprint density at radius 1 is 1.00 bits per heavy atom. The summed E-state index contributed by atoms with van der Waals surface area (Å²) in [5, 5.41) is 0. The van der Waals surface area contributed by atoms with E-state index in [1.807, 2.05) is 13.8 Å². The number of rotatable bonds is 5. The van der Waals surface area contributed by atoms with Gasteiger partial charge >= 0.3 is 0 Å². The van der Waals surface area contributed by atoms with Gasteiger partial charge in [0.1, 0.15) is 5.82 Å². The molecule has 5 heteroatoms. The Hall–Kier alpha value is -1.88. The fourth-order valence-electron chi connectivity index (χ4n) is 2.00. The summed E-state index contributed by atoms with van der Waals surface area (Å²) in [6, 6.07) is 13.8. The summed E-state index contributed by atoms with van der Waals surface area (Å²) in [5.74, 6) is -0.242. The van der Waals surface area contributed by atoms with Crippen molar-refractivity contribution in [3.8, 4) is 0 Å².